The Balaban J connectivity index is 0.00000300. The number of ether oxygens (including phenoxy) is 1. The van der Waals surface area contributed by atoms with Crippen molar-refractivity contribution in [3.05, 3.63) is 65.7 Å². The number of guanidine groups is 1. The molecular formula is C23H33IN4O. The summed E-state index contributed by atoms with van der Waals surface area (Å²) < 4.78 is 5.49. The quantitative estimate of drug-likeness (QED) is 0.354. The summed E-state index contributed by atoms with van der Waals surface area (Å²) in [4.78, 5) is 6.80. The maximum atomic E-state index is 5.49. The van der Waals surface area contributed by atoms with Gasteiger partial charge >= 0.3 is 0 Å². The van der Waals surface area contributed by atoms with E-state index in [9.17, 15) is 0 Å². The van der Waals surface area contributed by atoms with Crippen molar-refractivity contribution in [2.75, 3.05) is 44.8 Å². The molecule has 158 valence electrons. The molecule has 2 N–H and O–H groups in total. The summed E-state index contributed by atoms with van der Waals surface area (Å²) in [5.41, 5.74) is 3.88. The van der Waals surface area contributed by atoms with Crippen molar-refractivity contribution in [2.24, 2.45) is 4.99 Å². The van der Waals surface area contributed by atoms with E-state index in [1.54, 1.807) is 0 Å². The maximum absolute atomic E-state index is 5.49. The molecule has 0 saturated carbocycles. The van der Waals surface area contributed by atoms with Gasteiger partial charge in [0.05, 0.1) is 13.2 Å². The van der Waals surface area contributed by atoms with Crippen molar-refractivity contribution < 1.29 is 4.74 Å². The molecule has 1 saturated heterocycles. The molecule has 0 aliphatic carbocycles. The van der Waals surface area contributed by atoms with Crippen LogP contribution in [0.2, 0.25) is 0 Å². The molecule has 1 heterocycles. The largest absolute Gasteiger partial charge is 0.378 e. The highest BCUT2D eigenvalue weighted by Crippen LogP contribution is 2.22. The van der Waals surface area contributed by atoms with Crippen LogP contribution in [0.3, 0.4) is 0 Å². The van der Waals surface area contributed by atoms with Crippen molar-refractivity contribution >= 4 is 35.6 Å². The van der Waals surface area contributed by atoms with Crippen LogP contribution in [0, 0.1) is 0 Å². The fourth-order valence-electron chi connectivity index (χ4n) is 3.47. The van der Waals surface area contributed by atoms with Crippen molar-refractivity contribution in [1.82, 2.24) is 10.6 Å². The second-order valence-corrected chi connectivity index (χ2v) is 7.76. The van der Waals surface area contributed by atoms with E-state index in [2.05, 4.69) is 89.0 Å². The van der Waals surface area contributed by atoms with Gasteiger partial charge in [0.25, 0.3) is 0 Å². The van der Waals surface area contributed by atoms with Crippen LogP contribution < -0.4 is 15.5 Å². The second kappa shape index (κ2) is 11.4. The molecule has 6 heteroatoms. The normalized spacial score (nSPS) is 14.9. The number of halogens is 1. The van der Waals surface area contributed by atoms with Crippen LogP contribution in [0.25, 0.3) is 0 Å². The molecule has 0 radical (unpaired) electrons. The highest BCUT2D eigenvalue weighted by molar-refractivity contribution is 14.0. The Morgan fingerprint density at radius 1 is 1.00 bits per heavy atom. The van der Waals surface area contributed by atoms with Gasteiger partial charge in [0.15, 0.2) is 5.96 Å². The highest BCUT2D eigenvalue weighted by Gasteiger charge is 2.20. The first-order valence-electron chi connectivity index (χ1n) is 10.0. The van der Waals surface area contributed by atoms with E-state index in [1.165, 1.54) is 16.8 Å². The monoisotopic (exact) mass is 508 g/mol. The average Bonchev–Trinajstić information content (AvgIpc) is 2.75. The van der Waals surface area contributed by atoms with Gasteiger partial charge in [-0.05, 0) is 17.2 Å². The third-order valence-corrected chi connectivity index (χ3v) is 5.27. The number of benzene rings is 2. The number of morpholine rings is 1. The number of anilines is 1. The molecule has 0 unspecified atom stereocenters. The van der Waals surface area contributed by atoms with Gasteiger partial charge in [-0.2, -0.15) is 0 Å². The molecule has 2 aromatic carbocycles. The molecule has 1 aliphatic rings. The summed E-state index contributed by atoms with van der Waals surface area (Å²) in [6.45, 7) is 9.50. The summed E-state index contributed by atoms with van der Waals surface area (Å²) >= 11 is 0. The molecule has 29 heavy (non-hydrogen) atoms. The molecule has 3 rings (SSSR count). The number of hydrogen-bond donors (Lipinski definition) is 2. The van der Waals surface area contributed by atoms with Crippen molar-refractivity contribution in [2.45, 2.75) is 25.8 Å². The summed E-state index contributed by atoms with van der Waals surface area (Å²) in [5.74, 6) is 0.820. The van der Waals surface area contributed by atoms with Crippen LogP contribution in [0.5, 0.6) is 0 Å². The highest BCUT2D eigenvalue weighted by atomic mass is 127. The number of nitrogens with one attached hydrogen (secondary N) is 2. The molecule has 5 nitrogen and oxygen atoms in total. The van der Waals surface area contributed by atoms with E-state index >= 15 is 0 Å². The van der Waals surface area contributed by atoms with Crippen molar-refractivity contribution in [3.8, 4) is 0 Å². The summed E-state index contributed by atoms with van der Waals surface area (Å²) in [5, 5.41) is 6.95. The summed E-state index contributed by atoms with van der Waals surface area (Å²) in [7, 11) is 1.82. The van der Waals surface area contributed by atoms with E-state index in [1.807, 2.05) is 7.05 Å². The first-order valence-corrected chi connectivity index (χ1v) is 10.0. The molecule has 0 aromatic heterocycles. The van der Waals surface area contributed by atoms with E-state index in [-0.39, 0.29) is 29.4 Å². The second-order valence-electron chi connectivity index (χ2n) is 7.76. The number of hydrogen-bond acceptors (Lipinski definition) is 3. The average molecular weight is 508 g/mol. The van der Waals surface area contributed by atoms with E-state index in [0.717, 1.165) is 45.4 Å². The third-order valence-electron chi connectivity index (χ3n) is 5.27. The summed E-state index contributed by atoms with van der Waals surface area (Å²) in [6.07, 6.45) is 0. The molecule has 0 spiro atoms. The molecular weight excluding hydrogens is 475 g/mol. The van der Waals surface area contributed by atoms with Crippen LogP contribution in [0.4, 0.5) is 5.69 Å². The maximum Gasteiger partial charge on any atom is 0.191 e. The fourth-order valence-corrected chi connectivity index (χ4v) is 3.47. The minimum absolute atomic E-state index is 0. The van der Waals surface area contributed by atoms with Gasteiger partial charge in [-0.3, -0.25) is 4.99 Å². The van der Waals surface area contributed by atoms with Crippen LogP contribution in [-0.4, -0.2) is 45.9 Å². The van der Waals surface area contributed by atoms with E-state index in [0.29, 0.717) is 0 Å². The molecule has 0 bridgehead atoms. The van der Waals surface area contributed by atoms with Crippen LogP contribution in [0.15, 0.2) is 59.6 Å². The Morgan fingerprint density at radius 2 is 1.66 bits per heavy atom. The first-order chi connectivity index (χ1) is 13.6. The smallest absolute Gasteiger partial charge is 0.191 e. The zero-order chi connectivity index (χ0) is 19.8. The van der Waals surface area contributed by atoms with Crippen LogP contribution >= 0.6 is 24.0 Å². The first kappa shape index (κ1) is 23.5. The van der Waals surface area contributed by atoms with Crippen LogP contribution in [-0.2, 0) is 16.7 Å². The lowest BCUT2D eigenvalue weighted by molar-refractivity contribution is 0.122. The molecule has 1 fully saturated rings. The Labute approximate surface area is 192 Å². The number of rotatable bonds is 6. The van der Waals surface area contributed by atoms with Gasteiger partial charge in [-0.25, -0.2) is 0 Å². The summed E-state index contributed by atoms with van der Waals surface area (Å²) in [6, 6.07) is 19.2. The number of aliphatic imine (C=N–C) groups is 1. The van der Waals surface area contributed by atoms with Gasteiger partial charge in [0.2, 0.25) is 0 Å². The minimum atomic E-state index is 0. The Morgan fingerprint density at radius 3 is 2.34 bits per heavy atom. The van der Waals surface area contributed by atoms with Gasteiger partial charge in [0.1, 0.15) is 0 Å². The topological polar surface area (TPSA) is 48.9 Å². The molecule has 1 aliphatic heterocycles. The zero-order valence-electron chi connectivity index (χ0n) is 17.6. The number of nitrogens with zero attached hydrogens (tertiary/aromatic N) is 2. The van der Waals surface area contributed by atoms with Gasteiger partial charge in [-0.15, -0.1) is 24.0 Å². The molecule has 0 amide bonds. The lowest BCUT2D eigenvalue weighted by Gasteiger charge is -2.31. The molecule has 2 aromatic rings. The Bertz CT molecular complexity index is 773. The SMILES string of the molecule is CN=C(NCc1ccccc1N1CCOCC1)NCC(C)(C)c1ccccc1.I. The van der Waals surface area contributed by atoms with E-state index in [4.69, 9.17) is 4.74 Å². The fraction of sp³-hybridized carbons (Fsp3) is 0.435. The van der Waals surface area contributed by atoms with Gasteiger partial charge in [0, 0.05) is 44.3 Å². The Kier molecular flexibility index (Phi) is 9.23. The van der Waals surface area contributed by atoms with Crippen LogP contribution in [0.1, 0.15) is 25.0 Å². The lowest BCUT2D eigenvalue weighted by atomic mass is 9.85. The van der Waals surface area contributed by atoms with Gasteiger partial charge in [-0.1, -0.05) is 62.4 Å². The lowest BCUT2D eigenvalue weighted by Crippen LogP contribution is -2.43. The Hall–Kier alpha value is -1.80. The van der Waals surface area contributed by atoms with E-state index < -0.39 is 0 Å². The number of para-hydroxylation sites is 1. The standard InChI is InChI=1S/C23H32N4O.HI/c1-23(2,20-10-5-4-6-11-20)18-26-22(24-3)25-17-19-9-7-8-12-21(19)27-13-15-28-16-14-27;/h4-12H,13-18H2,1-3H3,(H2,24,25,26);1H. The van der Waals surface area contributed by atoms with Gasteiger partial charge < -0.3 is 20.3 Å². The van der Waals surface area contributed by atoms with Crippen molar-refractivity contribution in [3.63, 3.8) is 0 Å². The molecule has 0 atom stereocenters. The zero-order valence-corrected chi connectivity index (χ0v) is 20.0. The predicted molar refractivity (Wildman–Crippen MR) is 133 cm³/mol. The predicted octanol–water partition coefficient (Wildman–Crippen LogP) is 3.78. The minimum Gasteiger partial charge on any atom is -0.378 e. The third kappa shape index (κ3) is 6.60. The van der Waals surface area contributed by atoms with Crippen molar-refractivity contribution in [1.29, 1.82) is 0 Å².